The Labute approximate surface area is 141 Å². The van der Waals surface area contributed by atoms with Gasteiger partial charge in [0.15, 0.2) is 0 Å². The van der Waals surface area contributed by atoms with Gasteiger partial charge in [0.1, 0.15) is 6.04 Å². The molecule has 0 spiro atoms. The molecule has 0 radical (unpaired) electrons. The average Bonchev–Trinajstić information content (AvgIpc) is 2.48. The number of carboxylic acids is 2. The molecule has 1 atom stereocenters. The maximum atomic E-state index is 12.7. The van der Waals surface area contributed by atoms with Crippen LogP contribution < -0.4 is 5.32 Å². The van der Waals surface area contributed by atoms with Crippen LogP contribution in [0.25, 0.3) is 0 Å². The van der Waals surface area contributed by atoms with Crippen LogP contribution in [-0.4, -0.2) is 34.1 Å². The van der Waals surface area contributed by atoms with Gasteiger partial charge in [-0.15, -0.1) is 0 Å². The SMILES string of the molecule is O=C(O)CCC(NC(=O)c1cc(C(F)(F)F)cc(C(F)(F)F)c1)C(=O)O. The van der Waals surface area contributed by atoms with E-state index in [0.29, 0.717) is 0 Å². The molecule has 6 nitrogen and oxygen atoms in total. The minimum absolute atomic E-state index is 0.140. The molecule has 0 bridgehead atoms. The zero-order chi connectivity index (χ0) is 20.3. The van der Waals surface area contributed by atoms with Crippen LogP contribution in [0.1, 0.15) is 34.3 Å². The molecule has 1 amide bonds. The van der Waals surface area contributed by atoms with Gasteiger partial charge in [0, 0.05) is 12.0 Å². The van der Waals surface area contributed by atoms with E-state index in [9.17, 15) is 40.7 Å². The number of nitrogens with one attached hydrogen (secondary N) is 1. The molecular weight excluding hydrogens is 376 g/mol. The highest BCUT2D eigenvalue weighted by Crippen LogP contribution is 2.36. The van der Waals surface area contributed by atoms with E-state index in [1.165, 1.54) is 0 Å². The van der Waals surface area contributed by atoms with Crippen molar-refractivity contribution in [1.82, 2.24) is 5.32 Å². The molecule has 0 aliphatic carbocycles. The molecule has 12 heteroatoms. The Bertz CT molecular complexity index is 681. The summed E-state index contributed by atoms with van der Waals surface area (Å²) in [6.45, 7) is 0. The highest BCUT2D eigenvalue weighted by atomic mass is 19.4. The van der Waals surface area contributed by atoms with Crippen molar-refractivity contribution in [2.75, 3.05) is 0 Å². The van der Waals surface area contributed by atoms with Crippen LogP contribution in [0.2, 0.25) is 0 Å². The Kier molecular flexibility index (Phi) is 6.23. The zero-order valence-corrected chi connectivity index (χ0v) is 12.6. The Hall–Kier alpha value is -2.79. The minimum Gasteiger partial charge on any atom is -0.481 e. The Morgan fingerprint density at radius 2 is 1.38 bits per heavy atom. The van der Waals surface area contributed by atoms with Crippen LogP contribution >= 0.6 is 0 Å². The molecule has 0 aliphatic heterocycles. The summed E-state index contributed by atoms with van der Waals surface area (Å²) in [6.07, 6.45) is -11.6. The molecular formula is C14H11F6NO5. The predicted octanol–water partition coefficient (Wildman–Crippen LogP) is 2.77. The standard InChI is InChI=1S/C14H11F6NO5/c15-13(16,17)7-3-6(4-8(5-7)14(18,19)20)11(24)21-9(12(25)26)1-2-10(22)23/h3-5,9H,1-2H2,(H,21,24)(H,22,23)(H,25,26). The monoisotopic (exact) mass is 387 g/mol. The number of amides is 1. The zero-order valence-electron chi connectivity index (χ0n) is 12.6. The number of carbonyl (C=O) groups is 3. The third-order valence-electron chi connectivity index (χ3n) is 3.10. The summed E-state index contributed by atoms with van der Waals surface area (Å²) in [5.41, 5.74) is -4.54. The van der Waals surface area contributed by atoms with E-state index in [0.717, 1.165) is 0 Å². The van der Waals surface area contributed by atoms with Crippen LogP contribution in [0.5, 0.6) is 0 Å². The van der Waals surface area contributed by atoms with Crippen molar-refractivity contribution in [2.24, 2.45) is 0 Å². The number of carboxylic acid groups (broad SMARTS) is 2. The highest BCUT2D eigenvalue weighted by Gasteiger charge is 2.37. The number of halogens is 6. The van der Waals surface area contributed by atoms with Gasteiger partial charge in [0.25, 0.3) is 5.91 Å². The van der Waals surface area contributed by atoms with E-state index >= 15 is 0 Å². The fourth-order valence-corrected chi connectivity index (χ4v) is 1.85. The quantitative estimate of drug-likeness (QED) is 0.652. The maximum absolute atomic E-state index is 12.7. The number of rotatable bonds is 6. The van der Waals surface area contributed by atoms with Gasteiger partial charge in [-0.1, -0.05) is 0 Å². The first-order chi connectivity index (χ1) is 11.7. The molecule has 1 rings (SSSR count). The fourth-order valence-electron chi connectivity index (χ4n) is 1.85. The van der Waals surface area contributed by atoms with Crippen LogP contribution in [-0.2, 0) is 21.9 Å². The van der Waals surface area contributed by atoms with Crippen molar-refractivity contribution in [3.8, 4) is 0 Å². The molecule has 144 valence electrons. The number of alkyl halides is 6. The summed E-state index contributed by atoms with van der Waals surface area (Å²) < 4.78 is 76.4. The molecule has 0 aromatic heterocycles. The molecule has 1 aromatic carbocycles. The van der Waals surface area contributed by atoms with Gasteiger partial charge in [0.05, 0.1) is 11.1 Å². The first-order valence-electron chi connectivity index (χ1n) is 6.76. The van der Waals surface area contributed by atoms with E-state index in [4.69, 9.17) is 10.2 Å². The second-order valence-electron chi connectivity index (χ2n) is 5.09. The average molecular weight is 387 g/mol. The molecule has 0 aliphatic rings. The van der Waals surface area contributed by atoms with Gasteiger partial charge in [-0.2, -0.15) is 26.3 Å². The third-order valence-corrected chi connectivity index (χ3v) is 3.10. The predicted molar refractivity (Wildman–Crippen MR) is 72.2 cm³/mol. The van der Waals surface area contributed by atoms with Crippen molar-refractivity contribution >= 4 is 17.8 Å². The van der Waals surface area contributed by atoms with Crippen molar-refractivity contribution < 1.29 is 50.9 Å². The minimum atomic E-state index is -5.17. The third kappa shape index (κ3) is 5.93. The second kappa shape index (κ2) is 7.62. The van der Waals surface area contributed by atoms with Crippen molar-refractivity contribution in [2.45, 2.75) is 31.2 Å². The molecule has 0 fully saturated rings. The molecule has 26 heavy (non-hydrogen) atoms. The lowest BCUT2D eigenvalue weighted by molar-refractivity contribution is -0.144. The summed E-state index contributed by atoms with van der Waals surface area (Å²) in [7, 11) is 0. The van der Waals surface area contributed by atoms with Gasteiger partial charge in [-0.25, -0.2) is 4.79 Å². The smallest absolute Gasteiger partial charge is 0.416 e. The fraction of sp³-hybridized carbons (Fsp3) is 0.357. The number of benzene rings is 1. The number of aliphatic carboxylic acids is 2. The van der Waals surface area contributed by atoms with Crippen LogP contribution in [0.15, 0.2) is 18.2 Å². The normalized spacial score (nSPS) is 13.2. The lowest BCUT2D eigenvalue weighted by atomic mass is 10.0. The van der Waals surface area contributed by atoms with Gasteiger partial charge in [-0.05, 0) is 24.6 Å². The van der Waals surface area contributed by atoms with Crippen molar-refractivity contribution in [3.63, 3.8) is 0 Å². The summed E-state index contributed by atoms with van der Waals surface area (Å²) in [4.78, 5) is 33.3. The molecule has 1 unspecified atom stereocenters. The molecule has 0 saturated carbocycles. The van der Waals surface area contributed by atoms with Crippen LogP contribution in [0.3, 0.4) is 0 Å². The number of carbonyl (C=O) groups excluding carboxylic acids is 1. The van der Waals surface area contributed by atoms with Gasteiger partial charge < -0.3 is 15.5 Å². The lowest BCUT2D eigenvalue weighted by Gasteiger charge is -2.16. The van der Waals surface area contributed by atoms with Crippen LogP contribution in [0, 0.1) is 0 Å². The Morgan fingerprint density at radius 3 is 1.73 bits per heavy atom. The Morgan fingerprint density at radius 1 is 0.923 bits per heavy atom. The summed E-state index contributed by atoms with van der Waals surface area (Å²) in [6, 6.07) is -1.71. The molecule has 0 heterocycles. The van der Waals surface area contributed by atoms with Crippen molar-refractivity contribution in [1.29, 1.82) is 0 Å². The van der Waals surface area contributed by atoms with E-state index in [1.807, 2.05) is 0 Å². The number of hydrogen-bond donors (Lipinski definition) is 3. The first kappa shape index (κ1) is 21.3. The molecule has 1 aromatic rings. The lowest BCUT2D eigenvalue weighted by Crippen LogP contribution is -2.41. The summed E-state index contributed by atoms with van der Waals surface area (Å²) >= 11 is 0. The van der Waals surface area contributed by atoms with E-state index in [1.54, 1.807) is 5.32 Å². The Balaban J connectivity index is 3.21. The topological polar surface area (TPSA) is 104 Å². The molecule has 0 saturated heterocycles. The second-order valence-corrected chi connectivity index (χ2v) is 5.09. The van der Waals surface area contributed by atoms with E-state index < -0.39 is 65.8 Å². The highest BCUT2D eigenvalue weighted by molar-refractivity contribution is 5.97. The van der Waals surface area contributed by atoms with E-state index in [2.05, 4.69) is 0 Å². The van der Waals surface area contributed by atoms with Crippen molar-refractivity contribution in [3.05, 3.63) is 34.9 Å². The number of hydrogen-bond acceptors (Lipinski definition) is 3. The van der Waals surface area contributed by atoms with Gasteiger partial charge in [-0.3, -0.25) is 9.59 Å². The van der Waals surface area contributed by atoms with Gasteiger partial charge >= 0.3 is 24.3 Å². The molecule has 3 N–H and O–H groups in total. The first-order valence-corrected chi connectivity index (χ1v) is 6.76. The van der Waals surface area contributed by atoms with E-state index in [-0.39, 0.29) is 18.2 Å². The van der Waals surface area contributed by atoms with Gasteiger partial charge in [0.2, 0.25) is 0 Å². The summed E-state index contributed by atoms with van der Waals surface area (Å²) in [5, 5.41) is 19.1. The summed E-state index contributed by atoms with van der Waals surface area (Å²) in [5.74, 6) is -4.61. The maximum Gasteiger partial charge on any atom is 0.416 e. The van der Waals surface area contributed by atoms with Crippen LogP contribution in [0.4, 0.5) is 26.3 Å². The largest absolute Gasteiger partial charge is 0.481 e.